The molecule has 4 nitrogen and oxygen atoms in total. The Hall–Kier alpha value is -1.85. The first-order chi connectivity index (χ1) is 11.9. The number of aliphatic hydroxyl groups excluding tert-OH is 1. The fourth-order valence-electron chi connectivity index (χ4n) is 2.62. The second-order valence-electron chi connectivity index (χ2n) is 6.36. The van der Waals surface area contributed by atoms with Crippen molar-refractivity contribution in [2.45, 2.75) is 51.4 Å². The summed E-state index contributed by atoms with van der Waals surface area (Å²) in [6.45, 7) is 4.04. The summed E-state index contributed by atoms with van der Waals surface area (Å²) in [4.78, 5) is 0. The van der Waals surface area contributed by atoms with Crippen LogP contribution in [0, 0.1) is 6.92 Å². The second-order valence-corrected chi connectivity index (χ2v) is 7.93. The van der Waals surface area contributed by atoms with Crippen molar-refractivity contribution < 1.29 is 17.7 Å². The van der Waals surface area contributed by atoms with Crippen molar-refractivity contribution in [2.24, 2.45) is 0 Å². The fourth-order valence-corrected chi connectivity index (χ4v) is 3.67. The van der Waals surface area contributed by atoms with E-state index in [0.29, 0.717) is 17.7 Å². The molecule has 2 rings (SSSR count). The molecular weight excluding hydrogens is 336 g/mol. The molecule has 136 valence electrons. The van der Waals surface area contributed by atoms with Gasteiger partial charge in [-0.15, -0.1) is 0 Å². The van der Waals surface area contributed by atoms with Crippen LogP contribution in [-0.4, -0.2) is 13.5 Å². The van der Waals surface area contributed by atoms with Gasteiger partial charge in [0.05, 0.1) is 6.10 Å². The molecule has 2 aromatic carbocycles. The number of hydrogen-bond acceptors (Lipinski definition) is 4. The fraction of sp³-hybridized carbons (Fsp3) is 0.400. The van der Waals surface area contributed by atoms with Crippen LogP contribution in [0.4, 0.5) is 0 Å². The van der Waals surface area contributed by atoms with E-state index < -0.39 is 16.2 Å². The lowest BCUT2D eigenvalue weighted by Gasteiger charge is -2.12. The first-order valence-electron chi connectivity index (χ1n) is 8.65. The molecule has 1 unspecified atom stereocenters. The molecule has 0 aliphatic heterocycles. The highest BCUT2D eigenvalue weighted by Crippen LogP contribution is 2.22. The standard InChI is InChI=1S/C20H26O4S/c1-3-4-5-9-20(21)18-8-6-7-17(14-18)15-25(22,23)24-19-12-10-16(2)11-13-19/h6-8,10-14,20-21H,3-5,9,15H2,1-2H3. The zero-order valence-corrected chi connectivity index (χ0v) is 15.6. The molecule has 0 bridgehead atoms. The molecule has 5 heteroatoms. The van der Waals surface area contributed by atoms with Crippen LogP contribution in [0.5, 0.6) is 5.75 Å². The van der Waals surface area contributed by atoms with Gasteiger partial charge < -0.3 is 9.29 Å². The molecule has 25 heavy (non-hydrogen) atoms. The van der Waals surface area contributed by atoms with Crippen LogP contribution in [-0.2, 0) is 15.9 Å². The number of aryl methyl sites for hydroxylation is 1. The van der Waals surface area contributed by atoms with Gasteiger partial charge >= 0.3 is 10.1 Å². The summed E-state index contributed by atoms with van der Waals surface area (Å²) < 4.78 is 29.7. The molecule has 0 aliphatic rings. The van der Waals surface area contributed by atoms with Crippen molar-refractivity contribution in [3.05, 3.63) is 65.2 Å². The van der Waals surface area contributed by atoms with Gasteiger partial charge in [-0.2, -0.15) is 8.42 Å². The zero-order chi connectivity index (χ0) is 18.3. The van der Waals surface area contributed by atoms with E-state index in [1.165, 1.54) is 0 Å². The lowest BCUT2D eigenvalue weighted by atomic mass is 10.0. The largest absolute Gasteiger partial charge is 0.388 e. The summed E-state index contributed by atoms with van der Waals surface area (Å²) in [6, 6.07) is 14.0. The molecular formula is C20H26O4S. The summed E-state index contributed by atoms with van der Waals surface area (Å²) in [5.74, 6) is 0.0810. The van der Waals surface area contributed by atoms with E-state index in [4.69, 9.17) is 4.18 Å². The summed E-state index contributed by atoms with van der Waals surface area (Å²) in [7, 11) is -3.75. The number of rotatable bonds is 9. The highest BCUT2D eigenvalue weighted by atomic mass is 32.2. The minimum atomic E-state index is -3.75. The Labute approximate surface area is 150 Å². The number of aliphatic hydroxyl groups is 1. The highest BCUT2D eigenvalue weighted by molar-refractivity contribution is 7.86. The zero-order valence-electron chi connectivity index (χ0n) is 14.8. The number of benzene rings is 2. The lowest BCUT2D eigenvalue weighted by molar-refractivity contribution is 0.163. The molecule has 1 atom stereocenters. The Morgan fingerprint density at radius 2 is 1.80 bits per heavy atom. The monoisotopic (exact) mass is 362 g/mol. The smallest absolute Gasteiger partial charge is 0.313 e. The summed E-state index contributed by atoms with van der Waals surface area (Å²) in [5.41, 5.74) is 2.40. The van der Waals surface area contributed by atoms with E-state index in [-0.39, 0.29) is 5.75 Å². The number of unbranched alkanes of at least 4 members (excludes halogenated alkanes) is 2. The molecule has 0 saturated heterocycles. The minimum Gasteiger partial charge on any atom is -0.388 e. The lowest BCUT2D eigenvalue weighted by Crippen LogP contribution is -2.12. The van der Waals surface area contributed by atoms with Crippen molar-refractivity contribution >= 4 is 10.1 Å². The van der Waals surface area contributed by atoms with Crippen molar-refractivity contribution in [3.8, 4) is 5.75 Å². The highest BCUT2D eigenvalue weighted by Gasteiger charge is 2.16. The molecule has 0 saturated carbocycles. The van der Waals surface area contributed by atoms with Crippen LogP contribution in [0.15, 0.2) is 48.5 Å². The van der Waals surface area contributed by atoms with Crippen LogP contribution in [0.3, 0.4) is 0 Å². The third kappa shape index (κ3) is 6.52. The van der Waals surface area contributed by atoms with Crippen LogP contribution in [0.2, 0.25) is 0 Å². The maximum atomic E-state index is 12.3. The first-order valence-corrected chi connectivity index (χ1v) is 10.2. The van der Waals surface area contributed by atoms with Crippen LogP contribution >= 0.6 is 0 Å². The summed E-state index contributed by atoms with van der Waals surface area (Å²) in [5, 5.41) is 10.3. The Bertz CT molecular complexity index is 767. The maximum Gasteiger partial charge on any atom is 0.313 e. The molecule has 0 spiro atoms. The van der Waals surface area contributed by atoms with E-state index in [9.17, 15) is 13.5 Å². The summed E-state index contributed by atoms with van der Waals surface area (Å²) >= 11 is 0. The van der Waals surface area contributed by atoms with Gasteiger partial charge in [0.25, 0.3) is 0 Å². The molecule has 0 radical (unpaired) electrons. The van der Waals surface area contributed by atoms with E-state index in [2.05, 4.69) is 6.92 Å². The predicted octanol–water partition coefficient (Wildman–Crippen LogP) is 4.52. The van der Waals surface area contributed by atoms with E-state index in [0.717, 1.165) is 30.4 Å². The molecule has 0 aromatic heterocycles. The van der Waals surface area contributed by atoms with Crippen molar-refractivity contribution in [2.75, 3.05) is 0 Å². The molecule has 1 N–H and O–H groups in total. The van der Waals surface area contributed by atoms with Crippen LogP contribution < -0.4 is 4.18 Å². The van der Waals surface area contributed by atoms with Crippen LogP contribution in [0.1, 0.15) is 55.4 Å². The van der Waals surface area contributed by atoms with Crippen molar-refractivity contribution in [1.29, 1.82) is 0 Å². The van der Waals surface area contributed by atoms with Gasteiger partial charge in [-0.3, -0.25) is 0 Å². The molecule has 0 heterocycles. The Morgan fingerprint density at radius 3 is 2.48 bits per heavy atom. The third-order valence-corrected chi connectivity index (χ3v) is 5.14. The molecule has 0 fully saturated rings. The second kappa shape index (κ2) is 9.02. The SMILES string of the molecule is CCCCCC(O)c1cccc(CS(=O)(=O)Oc2ccc(C)cc2)c1. The van der Waals surface area contributed by atoms with Gasteiger partial charge in [-0.1, -0.05) is 68.1 Å². The van der Waals surface area contributed by atoms with Crippen molar-refractivity contribution in [3.63, 3.8) is 0 Å². The Kier molecular flexibility index (Phi) is 7.02. The van der Waals surface area contributed by atoms with Gasteiger partial charge in [-0.05, 0) is 36.6 Å². The maximum absolute atomic E-state index is 12.3. The van der Waals surface area contributed by atoms with E-state index >= 15 is 0 Å². The number of hydrogen-bond donors (Lipinski definition) is 1. The van der Waals surface area contributed by atoms with Crippen molar-refractivity contribution in [1.82, 2.24) is 0 Å². The summed E-state index contributed by atoms with van der Waals surface area (Å²) in [6.07, 6.45) is 3.25. The molecule has 0 amide bonds. The molecule has 2 aromatic rings. The minimum absolute atomic E-state index is 0.226. The Morgan fingerprint density at radius 1 is 1.08 bits per heavy atom. The van der Waals surface area contributed by atoms with E-state index in [1.54, 1.807) is 42.5 Å². The normalized spacial score (nSPS) is 12.8. The average Bonchev–Trinajstić information content (AvgIpc) is 2.56. The van der Waals surface area contributed by atoms with Gasteiger partial charge in [0.1, 0.15) is 11.5 Å². The molecule has 0 aliphatic carbocycles. The van der Waals surface area contributed by atoms with Gasteiger partial charge in [0, 0.05) is 0 Å². The average molecular weight is 362 g/mol. The van der Waals surface area contributed by atoms with Gasteiger partial charge in [0.15, 0.2) is 0 Å². The van der Waals surface area contributed by atoms with Gasteiger partial charge in [0.2, 0.25) is 0 Å². The third-order valence-electron chi connectivity index (χ3n) is 4.00. The van der Waals surface area contributed by atoms with Gasteiger partial charge in [-0.25, -0.2) is 0 Å². The Balaban J connectivity index is 2.03. The first kappa shape index (κ1) is 19.5. The van der Waals surface area contributed by atoms with Crippen LogP contribution in [0.25, 0.3) is 0 Å². The topological polar surface area (TPSA) is 63.6 Å². The predicted molar refractivity (Wildman–Crippen MR) is 100.0 cm³/mol. The van der Waals surface area contributed by atoms with E-state index in [1.807, 2.05) is 13.0 Å². The quantitative estimate of drug-likeness (QED) is 0.526.